The largest absolute Gasteiger partial charge is 0.496 e. The molecule has 2 aromatic carbocycles. The molecule has 4 rings (SSSR count). The van der Waals surface area contributed by atoms with E-state index in [-0.39, 0.29) is 5.75 Å². The number of fused-ring (bicyclic) bond motifs is 1. The Labute approximate surface area is 200 Å². The third kappa shape index (κ3) is 5.99. The van der Waals surface area contributed by atoms with Gasteiger partial charge in [-0.2, -0.15) is 0 Å². The highest BCUT2D eigenvalue weighted by atomic mass is 32.2. The van der Waals surface area contributed by atoms with Crippen LogP contribution in [0.25, 0.3) is 11.1 Å². The first kappa shape index (κ1) is 23.9. The summed E-state index contributed by atoms with van der Waals surface area (Å²) < 4.78 is 45.5. The van der Waals surface area contributed by atoms with Crippen LogP contribution in [0.3, 0.4) is 0 Å². The van der Waals surface area contributed by atoms with Crippen molar-refractivity contribution in [1.82, 2.24) is 4.98 Å². The second-order valence-electron chi connectivity index (χ2n) is 8.37. The number of rotatable bonds is 10. The number of benzene rings is 2. The van der Waals surface area contributed by atoms with E-state index < -0.39 is 9.84 Å². The second kappa shape index (κ2) is 10.3. The number of hydrogen-bond acceptors (Lipinski definition) is 7. The Hall–Kier alpha value is -3.26. The molecule has 0 N–H and O–H groups in total. The summed E-state index contributed by atoms with van der Waals surface area (Å²) in [4.78, 5) is 4.37. The van der Waals surface area contributed by atoms with Gasteiger partial charge in [0.25, 0.3) is 0 Å². The molecule has 1 aromatic heterocycles. The predicted molar refractivity (Wildman–Crippen MR) is 131 cm³/mol. The molecule has 0 saturated heterocycles. The molecule has 8 heteroatoms. The van der Waals surface area contributed by atoms with E-state index in [4.69, 9.17) is 18.9 Å². The van der Waals surface area contributed by atoms with E-state index in [1.54, 1.807) is 7.11 Å². The van der Waals surface area contributed by atoms with E-state index in [1.165, 1.54) is 6.26 Å². The lowest BCUT2D eigenvalue weighted by atomic mass is 9.97. The van der Waals surface area contributed by atoms with Crippen molar-refractivity contribution in [3.05, 3.63) is 65.4 Å². The minimum absolute atomic E-state index is 0.101. The number of aryl methyl sites for hydroxylation is 1. The molecule has 0 saturated carbocycles. The molecule has 7 nitrogen and oxygen atoms in total. The first-order chi connectivity index (χ1) is 16.3. The van der Waals surface area contributed by atoms with Crippen molar-refractivity contribution < 1.29 is 27.4 Å². The lowest BCUT2D eigenvalue weighted by Crippen LogP contribution is -2.08. The van der Waals surface area contributed by atoms with Crippen molar-refractivity contribution in [2.24, 2.45) is 0 Å². The van der Waals surface area contributed by atoms with Crippen LogP contribution in [0.15, 0.2) is 48.7 Å². The van der Waals surface area contributed by atoms with Crippen LogP contribution in [-0.4, -0.2) is 45.7 Å². The average Bonchev–Trinajstić information content (AvgIpc) is 3.27. The van der Waals surface area contributed by atoms with Crippen molar-refractivity contribution >= 4 is 9.84 Å². The Morgan fingerprint density at radius 1 is 1.12 bits per heavy atom. The standard InChI is InChI=1S/C26H29NO6S/c1-18-12-22(31-9-5-11-34(3,28)29)14-24(30-2)26(18)20-7-4-6-19(13-20)17-33-25-15-23-21(16-27-25)8-10-32-23/h4,6-7,12-16H,5,8-11,17H2,1-3H3. The van der Waals surface area contributed by atoms with Gasteiger partial charge in [0.15, 0.2) is 0 Å². The van der Waals surface area contributed by atoms with E-state index in [1.807, 2.05) is 49.5 Å². The molecule has 0 spiro atoms. The van der Waals surface area contributed by atoms with Gasteiger partial charge in [0.05, 0.1) is 26.1 Å². The zero-order chi connectivity index (χ0) is 24.1. The van der Waals surface area contributed by atoms with E-state index in [9.17, 15) is 8.42 Å². The third-order valence-electron chi connectivity index (χ3n) is 5.57. The predicted octanol–water partition coefficient (Wildman–Crippen LogP) is 4.39. The highest BCUT2D eigenvalue weighted by molar-refractivity contribution is 7.90. The quantitative estimate of drug-likeness (QED) is 0.395. The minimum Gasteiger partial charge on any atom is -0.496 e. The van der Waals surface area contributed by atoms with E-state index >= 15 is 0 Å². The van der Waals surface area contributed by atoms with E-state index in [0.29, 0.717) is 43.6 Å². The molecule has 0 radical (unpaired) electrons. The lowest BCUT2D eigenvalue weighted by Gasteiger charge is -2.16. The molecule has 2 heterocycles. The summed E-state index contributed by atoms with van der Waals surface area (Å²) in [5.74, 6) is 2.82. The summed E-state index contributed by atoms with van der Waals surface area (Å²) in [5.41, 5.74) is 5.08. The number of pyridine rings is 1. The minimum atomic E-state index is -3.00. The maximum absolute atomic E-state index is 11.3. The molecule has 0 fully saturated rings. The topological polar surface area (TPSA) is 84.0 Å². The summed E-state index contributed by atoms with van der Waals surface area (Å²) >= 11 is 0. The van der Waals surface area contributed by atoms with Gasteiger partial charge in [-0.15, -0.1) is 0 Å². The van der Waals surface area contributed by atoms with Crippen LogP contribution in [0, 0.1) is 6.92 Å². The number of aromatic nitrogens is 1. The van der Waals surface area contributed by atoms with Crippen molar-refractivity contribution in [3.8, 4) is 34.3 Å². The van der Waals surface area contributed by atoms with E-state index in [0.717, 1.165) is 40.0 Å². The Bertz CT molecular complexity index is 1270. The molecule has 3 aromatic rings. The SMILES string of the molecule is COc1cc(OCCCS(C)(=O)=O)cc(C)c1-c1cccc(COc2cc3c(cn2)CCO3)c1. The maximum atomic E-state index is 11.3. The number of hydrogen-bond donors (Lipinski definition) is 0. The fraction of sp³-hybridized carbons (Fsp3) is 0.346. The normalized spacial score (nSPS) is 12.7. The highest BCUT2D eigenvalue weighted by Crippen LogP contribution is 2.37. The molecule has 0 amide bonds. The maximum Gasteiger partial charge on any atom is 0.217 e. The van der Waals surface area contributed by atoms with Crippen molar-refractivity contribution in [3.63, 3.8) is 0 Å². The highest BCUT2D eigenvalue weighted by Gasteiger charge is 2.15. The van der Waals surface area contributed by atoms with Gasteiger partial charge in [0, 0.05) is 42.1 Å². The fourth-order valence-corrected chi connectivity index (χ4v) is 4.58. The summed E-state index contributed by atoms with van der Waals surface area (Å²) in [6.45, 7) is 3.39. The molecule has 180 valence electrons. The summed E-state index contributed by atoms with van der Waals surface area (Å²) in [5, 5.41) is 0. The van der Waals surface area contributed by atoms with Gasteiger partial charge in [0.1, 0.15) is 33.7 Å². The number of methoxy groups -OCH3 is 1. The van der Waals surface area contributed by atoms with Gasteiger partial charge >= 0.3 is 0 Å². The van der Waals surface area contributed by atoms with E-state index in [2.05, 4.69) is 11.1 Å². The van der Waals surface area contributed by atoms with Crippen molar-refractivity contribution in [2.75, 3.05) is 32.3 Å². The molecule has 0 atom stereocenters. The van der Waals surface area contributed by atoms with Crippen LogP contribution >= 0.6 is 0 Å². The Kier molecular flexibility index (Phi) is 7.26. The fourth-order valence-electron chi connectivity index (χ4n) is 3.94. The first-order valence-corrected chi connectivity index (χ1v) is 13.2. The van der Waals surface area contributed by atoms with Crippen LogP contribution < -0.4 is 18.9 Å². The zero-order valence-electron chi connectivity index (χ0n) is 19.7. The van der Waals surface area contributed by atoms with Crippen molar-refractivity contribution in [2.45, 2.75) is 26.4 Å². The van der Waals surface area contributed by atoms with Gasteiger partial charge in [-0.25, -0.2) is 13.4 Å². The Morgan fingerprint density at radius 2 is 1.97 bits per heavy atom. The van der Waals surface area contributed by atoms with Gasteiger partial charge in [0.2, 0.25) is 5.88 Å². The number of nitrogens with zero attached hydrogens (tertiary/aromatic N) is 1. The number of sulfone groups is 1. The van der Waals surface area contributed by atoms with Gasteiger partial charge < -0.3 is 18.9 Å². The second-order valence-corrected chi connectivity index (χ2v) is 10.6. The summed E-state index contributed by atoms with van der Waals surface area (Å²) in [6, 6.07) is 13.7. The lowest BCUT2D eigenvalue weighted by molar-refractivity contribution is 0.290. The van der Waals surface area contributed by atoms with Crippen molar-refractivity contribution in [1.29, 1.82) is 0 Å². The monoisotopic (exact) mass is 483 g/mol. The van der Waals surface area contributed by atoms with Crippen LogP contribution in [0.4, 0.5) is 0 Å². The van der Waals surface area contributed by atoms with Crippen LogP contribution in [-0.2, 0) is 22.9 Å². The average molecular weight is 484 g/mol. The third-order valence-corrected chi connectivity index (χ3v) is 6.60. The van der Waals surface area contributed by atoms with Gasteiger partial charge in [-0.1, -0.05) is 18.2 Å². The molecule has 0 unspecified atom stereocenters. The van der Waals surface area contributed by atoms with Gasteiger partial charge in [-0.3, -0.25) is 0 Å². The van der Waals surface area contributed by atoms with Crippen LogP contribution in [0.5, 0.6) is 23.1 Å². The van der Waals surface area contributed by atoms with Crippen LogP contribution in [0.2, 0.25) is 0 Å². The first-order valence-electron chi connectivity index (χ1n) is 11.2. The summed E-state index contributed by atoms with van der Waals surface area (Å²) in [6.07, 6.45) is 4.36. The number of ether oxygens (including phenoxy) is 4. The molecule has 1 aliphatic rings. The van der Waals surface area contributed by atoms with Gasteiger partial charge in [-0.05, 0) is 42.2 Å². The Morgan fingerprint density at radius 3 is 2.76 bits per heavy atom. The molecule has 0 bridgehead atoms. The zero-order valence-corrected chi connectivity index (χ0v) is 20.5. The molecule has 34 heavy (non-hydrogen) atoms. The Balaban J connectivity index is 1.47. The molecule has 0 aliphatic carbocycles. The molecular weight excluding hydrogens is 454 g/mol. The summed E-state index contributed by atoms with van der Waals surface area (Å²) in [7, 11) is -1.37. The molecular formula is C26H29NO6S. The van der Waals surface area contributed by atoms with Crippen LogP contribution in [0.1, 0.15) is 23.1 Å². The smallest absolute Gasteiger partial charge is 0.217 e. The molecule has 1 aliphatic heterocycles.